The molecule has 2 rings (SSSR count). The lowest BCUT2D eigenvalue weighted by molar-refractivity contribution is -0.123. The Morgan fingerprint density at radius 2 is 2.05 bits per heavy atom. The lowest BCUT2D eigenvalue weighted by Crippen LogP contribution is -2.41. The summed E-state index contributed by atoms with van der Waals surface area (Å²) >= 11 is 0. The van der Waals surface area contributed by atoms with Gasteiger partial charge >= 0.3 is 0 Å². The number of benzene rings is 1. The van der Waals surface area contributed by atoms with Crippen molar-refractivity contribution < 1.29 is 9.53 Å². The van der Waals surface area contributed by atoms with Crippen molar-refractivity contribution in [3.8, 4) is 5.75 Å². The molecule has 0 radical (unpaired) electrons. The van der Waals surface area contributed by atoms with Crippen LogP contribution in [-0.2, 0) is 4.79 Å². The molecule has 1 aromatic rings. The van der Waals surface area contributed by atoms with Gasteiger partial charge in [-0.1, -0.05) is 18.2 Å². The summed E-state index contributed by atoms with van der Waals surface area (Å²) in [7, 11) is 1.66. The first-order valence-electron chi connectivity index (χ1n) is 7.02. The van der Waals surface area contributed by atoms with Crippen molar-refractivity contribution in [2.24, 2.45) is 17.4 Å². The number of primary amides is 1. The maximum atomic E-state index is 11.2. The Bertz CT molecular complexity index is 456. The van der Waals surface area contributed by atoms with Gasteiger partial charge < -0.3 is 21.1 Å². The summed E-state index contributed by atoms with van der Waals surface area (Å²) in [5.74, 6) is 0.666. The van der Waals surface area contributed by atoms with E-state index in [2.05, 4.69) is 4.90 Å². The quantitative estimate of drug-likeness (QED) is 0.837. The van der Waals surface area contributed by atoms with Gasteiger partial charge in [-0.2, -0.15) is 0 Å². The lowest BCUT2D eigenvalue weighted by Gasteiger charge is -2.32. The predicted molar refractivity (Wildman–Crippen MR) is 78.3 cm³/mol. The van der Waals surface area contributed by atoms with Gasteiger partial charge in [-0.15, -0.1) is 0 Å². The van der Waals surface area contributed by atoms with Gasteiger partial charge in [0.25, 0.3) is 0 Å². The molecular weight excluding hydrogens is 254 g/mol. The Hall–Kier alpha value is -1.59. The molecule has 0 aliphatic carbocycles. The van der Waals surface area contributed by atoms with Crippen molar-refractivity contribution in [1.29, 1.82) is 0 Å². The standard InChI is InChI=1S/C15H23N3O2/c1-20-14-5-3-2-4-12(14)13(16)10-18-8-6-11(7-9-18)15(17)19/h2-5,11,13H,6-10,16H2,1H3,(H2,17,19). The van der Waals surface area contributed by atoms with Gasteiger partial charge in [-0.25, -0.2) is 0 Å². The van der Waals surface area contributed by atoms with Crippen LogP contribution in [0.5, 0.6) is 5.75 Å². The van der Waals surface area contributed by atoms with Crippen molar-refractivity contribution >= 4 is 5.91 Å². The van der Waals surface area contributed by atoms with E-state index in [1.165, 1.54) is 0 Å². The van der Waals surface area contributed by atoms with E-state index in [0.717, 1.165) is 43.8 Å². The van der Waals surface area contributed by atoms with Crippen LogP contribution in [0, 0.1) is 5.92 Å². The van der Waals surface area contributed by atoms with Gasteiger partial charge in [0.05, 0.1) is 7.11 Å². The molecule has 1 saturated heterocycles. The Labute approximate surface area is 119 Å². The molecule has 1 aliphatic heterocycles. The number of nitrogens with two attached hydrogens (primary N) is 2. The van der Waals surface area contributed by atoms with E-state index >= 15 is 0 Å². The molecule has 1 aromatic carbocycles. The second kappa shape index (κ2) is 6.72. The molecule has 20 heavy (non-hydrogen) atoms. The molecule has 0 aromatic heterocycles. The minimum atomic E-state index is -0.182. The van der Waals surface area contributed by atoms with Crippen molar-refractivity contribution in [3.63, 3.8) is 0 Å². The second-order valence-electron chi connectivity index (χ2n) is 5.33. The highest BCUT2D eigenvalue weighted by Gasteiger charge is 2.24. The lowest BCUT2D eigenvalue weighted by atomic mass is 9.95. The van der Waals surface area contributed by atoms with E-state index in [1.807, 2.05) is 24.3 Å². The molecular formula is C15H23N3O2. The Kier molecular flexibility index (Phi) is 4.98. The normalized spacial score (nSPS) is 18.7. The molecule has 0 spiro atoms. The maximum absolute atomic E-state index is 11.2. The largest absolute Gasteiger partial charge is 0.496 e. The second-order valence-corrected chi connectivity index (χ2v) is 5.33. The van der Waals surface area contributed by atoms with Crippen molar-refractivity contribution in [3.05, 3.63) is 29.8 Å². The zero-order valence-electron chi connectivity index (χ0n) is 11.9. The molecule has 0 saturated carbocycles. The molecule has 1 aliphatic rings. The summed E-state index contributed by atoms with van der Waals surface area (Å²) < 4.78 is 5.34. The van der Waals surface area contributed by atoms with Gasteiger partial charge in [0.2, 0.25) is 5.91 Å². The molecule has 1 heterocycles. The third-order valence-electron chi connectivity index (χ3n) is 3.98. The van der Waals surface area contributed by atoms with Crippen LogP contribution in [0.3, 0.4) is 0 Å². The van der Waals surface area contributed by atoms with Crippen LogP contribution in [-0.4, -0.2) is 37.6 Å². The molecule has 0 bridgehead atoms. The third kappa shape index (κ3) is 3.49. The highest BCUT2D eigenvalue weighted by molar-refractivity contribution is 5.76. The average Bonchev–Trinajstić information content (AvgIpc) is 2.47. The highest BCUT2D eigenvalue weighted by Crippen LogP contribution is 2.25. The SMILES string of the molecule is COc1ccccc1C(N)CN1CCC(C(N)=O)CC1. The minimum absolute atomic E-state index is 0.0220. The number of carbonyl (C=O) groups excluding carboxylic acids is 1. The van der Waals surface area contributed by atoms with Gasteiger partial charge in [-0.3, -0.25) is 4.79 Å². The molecule has 1 amide bonds. The number of likely N-dealkylation sites (tertiary alicyclic amines) is 1. The zero-order chi connectivity index (χ0) is 14.5. The van der Waals surface area contributed by atoms with Crippen LogP contribution in [0.4, 0.5) is 0 Å². The van der Waals surface area contributed by atoms with E-state index in [-0.39, 0.29) is 17.9 Å². The fourth-order valence-corrected chi connectivity index (χ4v) is 2.75. The summed E-state index contributed by atoms with van der Waals surface area (Å²) in [5.41, 5.74) is 12.6. The van der Waals surface area contributed by atoms with Gasteiger partial charge in [0.1, 0.15) is 5.75 Å². The molecule has 1 atom stereocenters. The number of nitrogens with zero attached hydrogens (tertiary/aromatic N) is 1. The molecule has 5 heteroatoms. The number of ether oxygens (including phenoxy) is 1. The monoisotopic (exact) mass is 277 g/mol. The van der Waals surface area contributed by atoms with E-state index in [9.17, 15) is 4.79 Å². The van der Waals surface area contributed by atoms with Crippen molar-refractivity contribution in [1.82, 2.24) is 4.90 Å². The highest BCUT2D eigenvalue weighted by atomic mass is 16.5. The van der Waals surface area contributed by atoms with Crippen LogP contribution >= 0.6 is 0 Å². The smallest absolute Gasteiger partial charge is 0.220 e. The average molecular weight is 277 g/mol. The molecule has 1 unspecified atom stereocenters. The van der Waals surface area contributed by atoms with Crippen LogP contribution in [0.2, 0.25) is 0 Å². The fraction of sp³-hybridized carbons (Fsp3) is 0.533. The number of hydrogen-bond donors (Lipinski definition) is 2. The first kappa shape index (κ1) is 14.8. The zero-order valence-corrected chi connectivity index (χ0v) is 11.9. The summed E-state index contributed by atoms with van der Waals surface area (Å²) in [6.07, 6.45) is 1.65. The topological polar surface area (TPSA) is 81.6 Å². The van der Waals surface area contributed by atoms with E-state index in [1.54, 1.807) is 7.11 Å². The van der Waals surface area contributed by atoms with Gasteiger partial charge in [-0.05, 0) is 32.0 Å². The van der Waals surface area contributed by atoms with Gasteiger partial charge in [0, 0.05) is 24.1 Å². The van der Waals surface area contributed by atoms with Crippen LogP contribution in [0.15, 0.2) is 24.3 Å². The van der Waals surface area contributed by atoms with Crippen molar-refractivity contribution in [2.75, 3.05) is 26.7 Å². The number of piperidine rings is 1. The van der Waals surface area contributed by atoms with Gasteiger partial charge in [0.15, 0.2) is 0 Å². The number of hydrogen-bond acceptors (Lipinski definition) is 4. The summed E-state index contributed by atoms with van der Waals surface area (Å²) in [6, 6.07) is 7.75. The van der Waals surface area contributed by atoms with Crippen LogP contribution in [0.25, 0.3) is 0 Å². The minimum Gasteiger partial charge on any atom is -0.496 e. The number of para-hydroxylation sites is 1. The fourth-order valence-electron chi connectivity index (χ4n) is 2.75. The first-order chi connectivity index (χ1) is 9.61. The Morgan fingerprint density at radius 1 is 1.40 bits per heavy atom. The predicted octanol–water partition coefficient (Wildman–Crippen LogP) is 0.892. The molecule has 4 N–H and O–H groups in total. The molecule has 1 fully saturated rings. The first-order valence-corrected chi connectivity index (χ1v) is 7.02. The Morgan fingerprint density at radius 3 is 2.65 bits per heavy atom. The summed E-state index contributed by atoms with van der Waals surface area (Å²) in [5, 5.41) is 0. The van der Waals surface area contributed by atoms with Crippen LogP contribution < -0.4 is 16.2 Å². The number of carbonyl (C=O) groups is 1. The molecule has 110 valence electrons. The van der Waals surface area contributed by atoms with Crippen LogP contribution in [0.1, 0.15) is 24.4 Å². The van der Waals surface area contributed by atoms with Crippen molar-refractivity contribution in [2.45, 2.75) is 18.9 Å². The van der Waals surface area contributed by atoms with E-state index in [0.29, 0.717) is 0 Å². The molecule has 5 nitrogen and oxygen atoms in total. The summed E-state index contributed by atoms with van der Waals surface area (Å²) in [6.45, 7) is 2.51. The maximum Gasteiger partial charge on any atom is 0.220 e. The van der Waals surface area contributed by atoms with E-state index < -0.39 is 0 Å². The number of rotatable bonds is 5. The summed E-state index contributed by atoms with van der Waals surface area (Å²) in [4.78, 5) is 13.4. The third-order valence-corrected chi connectivity index (χ3v) is 3.98. The van der Waals surface area contributed by atoms with E-state index in [4.69, 9.17) is 16.2 Å². The number of amides is 1. The Balaban J connectivity index is 1.92. The number of methoxy groups -OCH3 is 1.